The molecule has 166 valence electrons. The van der Waals surface area contributed by atoms with Crippen LogP contribution in [0.2, 0.25) is 0 Å². The van der Waals surface area contributed by atoms with Crippen LogP contribution in [0.25, 0.3) is 0 Å². The van der Waals surface area contributed by atoms with E-state index in [1.54, 1.807) is 11.0 Å². The third-order valence-corrected chi connectivity index (χ3v) is 6.11. The molecule has 1 atom stereocenters. The summed E-state index contributed by atoms with van der Waals surface area (Å²) in [6.07, 6.45) is -0.130. The lowest BCUT2D eigenvalue weighted by atomic mass is 10.2. The zero-order chi connectivity index (χ0) is 23.2. The molecule has 0 aromatic heterocycles. The van der Waals surface area contributed by atoms with Crippen LogP contribution in [0.1, 0.15) is 12.0 Å². The highest BCUT2D eigenvalue weighted by atomic mass is 32.2. The number of amides is 2. The molecule has 8 nitrogen and oxygen atoms in total. The van der Waals surface area contributed by atoms with E-state index in [9.17, 15) is 19.7 Å². The van der Waals surface area contributed by atoms with Gasteiger partial charge in [0.15, 0.2) is 5.17 Å². The summed E-state index contributed by atoms with van der Waals surface area (Å²) in [6.45, 7) is 0.334. The Bertz CT molecular complexity index is 1200. The number of nitro benzene ring substituents is 1. The van der Waals surface area contributed by atoms with Gasteiger partial charge in [-0.15, -0.1) is 0 Å². The Balaban J connectivity index is 1.54. The number of para-hydroxylation sites is 3. The molecule has 0 unspecified atom stereocenters. The molecule has 1 heterocycles. The largest absolute Gasteiger partial charge is 0.320 e. The number of aliphatic imine (C=N–C) groups is 1. The van der Waals surface area contributed by atoms with Crippen molar-refractivity contribution in [3.63, 3.8) is 0 Å². The summed E-state index contributed by atoms with van der Waals surface area (Å²) in [7, 11) is 0. The monoisotopic (exact) mass is 460 g/mol. The molecule has 3 aromatic carbocycles. The molecule has 0 saturated carbocycles. The molecule has 1 N–H and O–H groups in total. The molecule has 0 bridgehead atoms. The molecule has 0 spiro atoms. The van der Waals surface area contributed by atoms with Crippen molar-refractivity contribution in [3.8, 4) is 0 Å². The Hall–Kier alpha value is -3.98. The third-order valence-electron chi connectivity index (χ3n) is 4.93. The molecule has 1 aliphatic heterocycles. The lowest BCUT2D eigenvalue weighted by Gasteiger charge is -2.16. The Labute approximate surface area is 194 Å². The van der Waals surface area contributed by atoms with E-state index < -0.39 is 16.1 Å². The van der Waals surface area contributed by atoms with Crippen molar-refractivity contribution in [2.45, 2.75) is 18.2 Å². The maximum absolute atomic E-state index is 13.2. The van der Waals surface area contributed by atoms with Crippen LogP contribution in [0.5, 0.6) is 0 Å². The van der Waals surface area contributed by atoms with E-state index in [1.807, 2.05) is 60.7 Å². The highest BCUT2D eigenvalue weighted by Gasteiger charge is 2.39. The van der Waals surface area contributed by atoms with Gasteiger partial charge in [0.1, 0.15) is 10.9 Å². The predicted octanol–water partition coefficient (Wildman–Crippen LogP) is 4.76. The van der Waals surface area contributed by atoms with Crippen LogP contribution in [0.15, 0.2) is 89.9 Å². The average Bonchev–Trinajstić information content (AvgIpc) is 3.09. The van der Waals surface area contributed by atoms with Gasteiger partial charge in [0.25, 0.3) is 5.69 Å². The fourth-order valence-electron chi connectivity index (χ4n) is 3.36. The van der Waals surface area contributed by atoms with Crippen LogP contribution in [0, 0.1) is 10.1 Å². The minimum absolute atomic E-state index is 0.0993. The second-order valence-corrected chi connectivity index (χ2v) is 8.44. The molecule has 9 heteroatoms. The number of carbonyl (C=O) groups is 2. The van der Waals surface area contributed by atoms with Crippen LogP contribution < -0.4 is 5.32 Å². The molecule has 1 saturated heterocycles. The van der Waals surface area contributed by atoms with Gasteiger partial charge in [0.2, 0.25) is 11.8 Å². The van der Waals surface area contributed by atoms with E-state index in [4.69, 9.17) is 0 Å². The lowest BCUT2D eigenvalue weighted by molar-refractivity contribution is -0.383. The van der Waals surface area contributed by atoms with Crippen molar-refractivity contribution in [1.82, 2.24) is 4.90 Å². The zero-order valence-electron chi connectivity index (χ0n) is 17.5. The molecule has 1 fully saturated rings. The summed E-state index contributed by atoms with van der Waals surface area (Å²) < 4.78 is 0. The Morgan fingerprint density at radius 3 is 2.33 bits per heavy atom. The first-order valence-electron chi connectivity index (χ1n) is 10.2. The maximum Gasteiger partial charge on any atom is 0.292 e. The number of thioether (sulfide) groups is 1. The molecule has 2 amide bonds. The van der Waals surface area contributed by atoms with Crippen molar-refractivity contribution < 1.29 is 14.5 Å². The number of nitrogens with one attached hydrogen (secondary N) is 1. The standard InChI is InChI=1S/C24H20N4O4S/c29-22(26-19-13-7-8-14-20(19)28(31)32)15-21-23(30)27(16-17-9-3-1-4-10-17)24(33-21)25-18-11-5-2-6-12-18/h1-14,21H,15-16H2,(H,26,29)/t21-/m0/s1. The summed E-state index contributed by atoms with van der Waals surface area (Å²) in [4.78, 5) is 42.7. The van der Waals surface area contributed by atoms with Crippen molar-refractivity contribution in [2.75, 3.05) is 5.32 Å². The number of carbonyl (C=O) groups excluding carboxylic acids is 2. The van der Waals surface area contributed by atoms with Gasteiger partial charge in [0.05, 0.1) is 17.2 Å². The average molecular weight is 461 g/mol. The number of hydrogen-bond acceptors (Lipinski definition) is 6. The highest BCUT2D eigenvalue weighted by Crippen LogP contribution is 2.33. The summed E-state index contributed by atoms with van der Waals surface area (Å²) in [5.41, 5.74) is 1.55. The summed E-state index contributed by atoms with van der Waals surface area (Å²) in [6, 6.07) is 24.7. The van der Waals surface area contributed by atoms with Crippen molar-refractivity contribution in [2.24, 2.45) is 4.99 Å². The van der Waals surface area contributed by atoms with Crippen molar-refractivity contribution in [3.05, 3.63) is 101 Å². The predicted molar refractivity (Wildman–Crippen MR) is 128 cm³/mol. The van der Waals surface area contributed by atoms with E-state index in [0.29, 0.717) is 17.4 Å². The zero-order valence-corrected chi connectivity index (χ0v) is 18.3. The maximum atomic E-state index is 13.2. The van der Waals surface area contributed by atoms with Gasteiger partial charge in [-0.3, -0.25) is 24.6 Å². The lowest BCUT2D eigenvalue weighted by Crippen LogP contribution is -2.33. The summed E-state index contributed by atoms with van der Waals surface area (Å²) >= 11 is 1.22. The molecular weight excluding hydrogens is 440 g/mol. The van der Waals surface area contributed by atoms with Crippen LogP contribution in [0.4, 0.5) is 17.1 Å². The smallest absolute Gasteiger partial charge is 0.292 e. The van der Waals surface area contributed by atoms with E-state index >= 15 is 0 Å². The second kappa shape index (κ2) is 10.1. The number of nitrogens with zero attached hydrogens (tertiary/aromatic N) is 3. The van der Waals surface area contributed by atoms with Gasteiger partial charge in [-0.2, -0.15) is 0 Å². The molecule has 0 aliphatic carbocycles. The number of nitro groups is 1. The number of amidine groups is 1. The van der Waals surface area contributed by atoms with Crippen LogP contribution in [-0.2, 0) is 16.1 Å². The van der Waals surface area contributed by atoms with E-state index in [2.05, 4.69) is 10.3 Å². The minimum atomic E-state index is -0.682. The normalized spacial score (nSPS) is 16.7. The fourth-order valence-corrected chi connectivity index (χ4v) is 4.51. The van der Waals surface area contributed by atoms with Crippen LogP contribution in [-0.4, -0.2) is 32.1 Å². The minimum Gasteiger partial charge on any atom is -0.320 e. The van der Waals surface area contributed by atoms with Crippen LogP contribution >= 0.6 is 11.8 Å². The molecule has 3 aromatic rings. The van der Waals surface area contributed by atoms with Gasteiger partial charge in [0, 0.05) is 12.5 Å². The number of hydrogen-bond donors (Lipinski definition) is 1. The molecule has 4 rings (SSSR count). The Morgan fingerprint density at radius 2 is 1.64 bits per heavy atom. The summed E-state index contributed by atoms with van der Waals surface area (Å²) in [5, 5.41) is 13.6. The van der Waals surface area contributed by atoms with Crippen molar-refractivity contribution >= 4 is 45.8 Å². The van der Waals surface area contributed by atoms with Gasteiger partial charge >= 0.3 is 0 Å². The Morgan fingerprint density at radius 1 is 1.00 bits per heavy atom. The number of anilines is 1. The Kier molecular flexibility index (Phi) is 6.80. The number of rotatable bonds is 7. The van der Waals surface area contributed by atoms with Gasteiger partial charge < -0.3 is 5.32 Å². The first-order valence-corrected chi connectivity index (χ1v) is 11.1. The molecule has 0 radical (unpaired) electrons. The second-order valence-electron chi connectivity index (χ2n) is 7.27. The topological polar surface area (TPSA) is 105 Å². The molecule has 1 aliphatic rings. The number of benzene rings is 3. The highest BCUT2D eigenvalue weighted by molar-refractivity contribution is 8.15. The molecule has 33 heavy (non-hydrogen) atoms. The quantitative estimate of drug-likeness (QED) is 0.404. The SMILES string of the molecule is O=C(C[C@@H]1SC(=Nc2ccccc2)N(Cc2ccccc2)C1=O)Nc1ccccc1[N+](=O)[O-]. The van der Waals surface area contributed by atoms with Crippen molar-refractivity contribution in [1.29, 1.82) is 0 Å². The van der Waals surface area contributed by atoms with Gasteiger partial charge in [-0.1, -0.05) is 72.4 Å². The fraction of sp³-hybridized carbons (Fsp3) is 0.125. The molecular formula is C24H20N4O4S. The first-order chi connectivity index (χ1) is 16.0. The van der Waals surface area contributed by atoms with E-state index in [1.165, 1.54) is 30.0 Å². The third kappa shape index (κ3) is 5.45. The van der Waals surface area contributed by atoms with Gasteiger partial charge in [-0.25, -0.2) is 4.99 Å². The van der Waals surface area contributed by atoms with E-state index in [0.717, 1.165) is 5.56 Å². The van der Waals surface area contributed by atoms with Gasteiger partial charge in [-0.05, 0) is 23.8 Å². The van der Waals surface area contributed by atoms with Crippen LogP contribution in [0.3, 0.4) is 0 Å². The first kappa shape index (κ1) is 22.2. The van der Waals surface area contributed by atoms with E-state index in [-0.39, 0.29) is 23.7 Å². The summed E-state index contributed by atoms with van der Waals surface area (Å²) in [5.74, 6) is -0.702.